The normalized spacial score (nSPS) is 23.6. The zero-order valence-corrected chi connectivity index (χ0v) is 17.7. The zero-order chi connectivity index (χ0) is 21.4. The third kappa shape index (κ3) is 3.95. The number of pyridine rings is 1. The Morgan fingerprint density at radius 3 is 2.10 bits per heavy atom. The predicted molar refractivity (Wildman–Crippen MR) is 116 cm³/mol. The lowest BCUT2D eigenvalue weighted by Gasteiger charge is -2.37. The van der Waals surface area contributed by atoms with Crippen LogP contribution in [0.2, 0.25) is 0 Å². The Morgan fingerprint density at radius 2 is 1.52 bits per heavy atom. The molecule has 5 rings (SSSR count). The van der Waals surface area contributed by atoms with Gasteiger partial charge in [0.2, 0.25) is 10.0 Å². The summed E-state index contributed by atoms with van der Waals surface area (Å²) >= 11 is 0. The van der Waals surface area contributed by atoms with Crippen molar-refractivity contribution in [1.29, 1.82) is 0 Å². The molecule has 1 aromatic heterocycles. The van der Waals surface area contributed by atoms with Gasteiger partial charge in [0.15, 0.2) is 0 Å². The Balaban J connectivity index is 1.33. The summed E-state index contributed by atoms with van der Waals surface area (Å²) in [6.45, 7) is 0. The molecule has 5 nitrogen and oxygen atoms in total. The van der Waals surface area contributed by atoms with Gasteiger partial charge in [-0.15, -0.1) is 0 Å². The molecule has 2 aromatic carbocycles. The number of hydrogen-bond acceptors (Lipinski definition) is 4. The number of rotatable bonds is 5. The van der Waals surface area contributed by atoms with Crippen LogP contribution in [0.15, 0.2) is 78.0 Å². The Hall–Kier alpha value is -2.77. The molecule has 0 aliphatic carbocycles. The van der Waals surface area contributed by atoms with Gasteiger partial charge in [-0.1, -0.05) is 24.3 Å². The molecule has 0 N–H and O–H groups in total. The molecule has 0 radical (unpaired) electrons. The molecular weight excluding hydrogens is 415 g/mol. The second-order valence-corrected chi connectivity index (χ2v) is 9.99. The van der Waals surface area contributed by atoms with Crippen LogP contribution in [0, 0.1) is 5.82 Å². The molecule has 160 valence electrons. The van der Waals surface area contributed by atoms with E-state index >= 15 is 0 Å². The minimum atomic E-state index is -3.59. The first-order chi connectivity index (χ1) is 15.0. The molecule has 2 unspecified atom stereocenters. The van der Waals surface area contributed by atoms with Gasteiger partial charge in [0.05, 0.1) is 11.1 Å². The van der Waals surface area contributed by atoms with Crippen LogP contribution in [0.4, 0.5) is 4.39 Å². The van der Waals surface area contributed by atoms with E-state index in [0.29, 0.717) is 17.7 Å². The number of halogens is 1. The third-order valence-electron chi connectivity index (χ3n) is 6.17. The van der Waals surface area contributed by atoms with Crippen molar-refractivity contribution in [1.82, 2.24) is 9.29 Å². The van der Waals surface area contributed by atoms with Crippen LogP contribution in [0.1, 0.15) is 25.7 Å². The van der Waals surface area contributed by atoms with Crippen molar-refractivity contribution < 1.29 is 17.5 Å². The summed E-state index contributed by atoms with van der Waals surface area (Å²) in [5.74, 6) is 0.425. The van der Waals surface area contributed by atoms with E-state index in [1.807, 2.05) is 12.1 Å². The molecule has 0 amide bonds. The highest BCUT2D eigenvalue weighted by Crippen LogP contribution is 2.41. The summed E-state index contributed by atoms with van der Waals surface area (Å²) in [6.07, 6.45) is 6.45. The summed E-state index contributed by atoms with van der Waals surface area (Å²) in [5, 5.41) is 0. The van der Waals surface area contributed by atoms with Crippen molar-refractivity contribution in [3.63, 3.8) is 0 Å². The fraction of sp³-hybridized carbons (Fsp3) is 0.292. The first-order valence-corrected chi connectivity index (χ1v) is 11.9. The van der Waals surface area contributed by atoms with Crippen molar-refractivity contribution in [2.24, 2.45) is 0 Å². The summed E-state index contributed by atoms with van der Waals surface area (Å²) in [7, 11) is -3.59. The largest absolute Gasteiger partial charge is 0.489 e. The number of sulfonamides is 1. The van der Waals surface area contributed by atoms with Gasteiger partial charge >= 0.3 is 0 Å². The number of hydrogen-bond donors (Lipinski definition) is 0. The molecule has 2 atom stereocenters. The zero-order valence-electron chi connectivity index (χ0n) is 16.9. The van der Waals surface area contributed by atoms with E-state index in [1.54, 1.807) is 53.1 Å². The molecule has 31 heavy (non-hydrogen) atoms. The highest BCUT2D eigenvalue weighted by atomic mass is 32.2. The Bertz CT molecular complexity index is 1140. The van der Waals surface area contributed by atoms with Crippen LogP contribution in [0.5, 0.6) is 5.75 Å². The highest BCUT2D eigenvalue weighted by molar-refractivity contribution is 7.89. The van der Waals surface area contributed by atoms with E-state index < -0.39 is 10.0 Å². The smallest absolute Gasteiger partial charge is 0.243 e. The van der Waals surface area contributed by atoms with Gasteiger partial charge in [-0.05, 0) is 60.4 Å². The van der Waals surface area contributed by atoms with Gasteiger partial charge in [0, 0.05) is 31.1 Å². The van der Waals surface area contributed by atoms with E-state index in [2.05, 4.69) is 4.98 Å². The number of nitrogens with zero attached hydrogens (tertiary/aromatic N) is 2. The lowest BCUT2D eigenvalue weighted by atomic mass is 10.0. The van der Waals surface area contributed by atoms with Crippen LogP contribution >= 0.6 is 0 Å². The molecule has 2 bridgehead atoms. The maximum Gasteiger partial charge on any atom is 0.243 e. The molecule has 7 heteroatoms. The fourth-order valence-corrected chi connectivity index (χ4v) is 6.66. The van der Waals surface area contributed by atoms with Gasteiger partial charge in [-0.2, -0.15) is 4.31 Å². The molecule has 2 fully saturated rings. The Labute approximate surface area is 181 Å². The van der Waals surface area contributed by atoms with Crippen LogP contribution in [0.25, 0.3) is 11.1 Å². The monoisotopic (exact) mass is 438 g/mol. The highest BCUT2D eigenvalue weighted by Gasteiger charge is 2.47. The van der Waals surface area contributed by atoms with Gasteiger partial charge in [0.25, 0.3) is 0 Å². The Kier molecular flexibility index (Phi) is 5.24. The van der Waals surface area contributed by atoms with E-state index in [9.17, 15) is 12.8 Å². The number of ether oxygens (including phenoxy) is 1. The predicted octanol–water partition coefficient (Wildman–Crippen LogP) is 4.65. The summed E-state index contributed by atoms with van der Waals surface area (Å²) in [5.41, 5.74) is 1.70. The molecule has 0 spiro atoms. The minimum Gasteiger partial charge on any atom is -0.489 e. The average molecular weight is 439 g/mol. The molecule has 2 aliphatic heterocycles. The number of piperidine rings is 1. The molecule has 3 heterocycles. The van der Waals surface area contributed by atoms with Gasteiger partial charge < -0.3 is 4.74 Å². The molecule has 2 saturated heterocycles. The average Bonchev–Trinajstić information content (AvgIpc) is 3.07. The first-order valence-electron chi connectivity index (χ1n) is 10.5. The topological polar surface area (TPSA) is 59.5 Å². The summed E-state index contributed by atoms with van der Waals surface area (Å²) < 4.78 is 47.8. The van der Waals surface area contributed by atoms with Crippen molar-refractivity contribution in [3.05, 3.63) is 78.9 Å². The van der Waals surface area contributed by atoms with Crippen molar-refractivity contribution in [3.8, 4) is 16.9 Å². The minimum absolute atomic E-state index is 0.00555. The number of aromatic nitrogens is 1. The maximum atomic E-state index is 13.4. The van der Waals surface area contributed by atoms with Crippen molar-refractivity contribution >= 4 is 10.0 Å². The lowest BCUT2D eigenvalue weighted by Crippen LogP contribution is -2.49. The molecule has 2 aliphatic rings. The van der Waals surface area contributed by atoms with E-state index in [1.165, 1.54) is 12.1 Å². The SMILES string of the molecule is O=S(=O)(c1ccc(-c2ccc(F)cc2)cc1)N1C2CCC1CC(Oc1cccnc1)C2. The fourth-order valence-electron chi connectivity index (χ4n) is 4.77. The quantitative estimate of drug-likeness (QED) is 0.582. The summed E-state index contributed by atoms with van der Waals surface area (Å²) in [4.78, 5) is 4.37. The van der Waals surface area contributed by atoms with E-state index in [-0.39, 0.29) is 24.0 Å². The van der Waals surface area contributed by atoms with Crippen LogP contribution in [-0.4, -0.2) is 35.9 Å². The second kappa shape index (κ2) is 8.05. The first kappa shape index (κ1) is 20.2. The second-order valence-electron chi connectivity index (χ2n) is 8.15. The van der Waals surface area contributed by atoms with Crippen LogP contribution in [0.3, 0.4) is 0 Å². The summed E-state index contributed by atoms with van der Waals surface area (Å²) in [6, 6.07) is 16.6. The number of fused-ring (bicyclic) bond motifs is 2. The van der Waals surface area contributed by atoms with Crippen molar-refractivity contribution in [2.45, 2.75) is 48.8 Å². The molecule has 0 saturated carbocycles. The van der Waals surface area contributed by atoms with Crippen LogP contribution in [-0.2, 0) is 10.0 Å². The van der Waals surface area contributed by atoms with Gasteiger partial charge in [-0.25, -0.2) is 12.8 Å². The molecular formula is C24H23FN2O3S. The van der Waals surface area contributed by atoms with Crippen LogP contribution < -0.4 is 4.74 Å². The standard InChI is InChI=1S/C24H23FN2O3S/c25-19-7-3-17(4-8-19)18-5-11-24(12-6-18)31(28,29)27-20-9-10-21(27)15-23(14-20)30-22-2-1-13-26-16-22/h1-8,11-13,16,20-21,23H,9-10,14-15H2. The van der Waals surface area contributed by atoms with E-state index in [4.69, 9.17) is 4.74 Å². The van der Waals surface area contributed by atoms with Gasteiger partial charge in [0.1, 0.15) is 17.7 Å². The third-order valence-corrected chi connectivity index (χ3v) is 8.19. The lowest BCUT2D eigenvalue weighted by molar-refractivity contribution is 0.0953. The van der Waals surface area contributed by atoms with E-state index in [0.717, 1.165) is 29.7 Å². The Morgan fingerprint density at radius 1 is 0.903 bits per heavy atom. The van der Waals surface area contributed by atoms with Crippen molar-refractivity contribution in [2.75, 3.05) is 0 Å². The maximum absolute atomic E-state index is 13.4. The molecule has 3 aromatic rings. The van der Waals surface area contributed by atoms with Gasteiger partial charge in [-0.3, -0.25) is 4.98 Å². The number of benzene rings is 2.